The molecule has 1 aromatic rings. The van der Waals surface area contributed by atoms with Gasteiger partial charge in [0.15, 0.2) is 0 Å². The summed E-state index contributed by atoms with van der Waals surface area (Å²) in [6.07, 6.45) is 2.18. The van der Waals surface area contributed by atoms with E-state index in [0.29, 0.717) is 6.54 Å². The lowest BCUT2D eigenvalue weighted by atomic mass is 10.2. The molecule has 3 rings (SSSR count). The number of carbonyl (C=O) groups is 2. The first-order valence-corrected chi connectivity index (χ1v) is 8.86. The molecule has 7 nitrogen and oxygen atoms in total. The van der Waals surface area contributed by atoms with Gasteiger partial charge in [-0.3, -0.25) is 9.69 Å². The van der Waals surface area contributed by atoms with Gasteiger partial charge in [0, 0.05) is 50.6 Å². The van der Waals surface area contributed by atoms with Gasteiger partial charge in [-0.05, 0) is 37.1 Å². The Labute approximate surface area is 148 Å². The summed E-state index contributed by atoms with van der Waals surface area (Å²) in [6.45, 7) is 5.46. The zero-order chi connectivity index (χ0) is 17.6. The summed E-state index contributed by atoms with van der Waals surface area (Å²) in [6, 6.07) is 7.96. The molecule has 2 heterocycles. The van der Waals surface area contributed by atoms with Crippen LogP contribution >= 0.6 is 0 Å². The van der Waals surface area contributed by atoms with E-state index in [2.05, 4.69) is 15.1 Å². The number of amides is 2. The molecule has 136 valence electrons. The number of nitrogens with one attached hydrogen (secondary N) is 1. The maximum absolute atomic E-state index is 12.1. The van der Waals surface area contributed by atoms with Gasteiger partial charge >= 0.3 is 12.0 Å². The second-order valence-electron chi connectivity index (χ2n) is 6.51. The van der Waals surface area contributed by atoms with Crippen molar-refractivity contribution in [3.63, 3.8) is 0 Å². The number of piperazine rings is 1. The highest BCUT2D eigenvalue weighted by molar-refractivity contribution is 5.89. The van der Waals surface area contributed by atoms with Gasteiger partial charge in [0.25, 0.3) is 0 Å². The van der Waals surface area contributed by atoms with Crippen LogP contribution in [-0.4, -0.2) is 74.7 Å². The number of rotatable bonds is 4. The highest BCUT2D eigenvalue weighted by atomic mass is 16.5. The molecule has 25 heavy (non-hydrogen) atoms. The van der Waals surface area contributed by atoms with Crippen LogP contribution in [0, 0.1) is 0 Å². The largest absolute Gasteiger partial charge is 0.468 e. The highest BCUT2D eigenvalue weighted by Gasteiger charge is 2.20. The van der Waals surface area contributed by atoms with Crippen molar-refractivity contribution in [3.05, 3.63) is 24.3 Å². The molecule has 0 spiro atoms. The topological polar surface area (TPSA) is 65.1 Å². The molecule has 2 aliphatic heterocycles. The molecule has 2 amide bonds. The zero-order valence-corrected chi connectivity index (χ0v) is 14.7. The normalized spacial score (nSPS) is 18.3. The molecule has 2 fully saturated rings. The van der Waals surface area contributed by atoms with Gasteiger partial charge in [0.05, 0.1) is 13.7 Å². The van der Waals surface area contributed by atoms with Crippen LogP contribution in [0.25, 0.3) is 0 Å². The summed E-state index contributed by atoms with van der Waals surface area (Å²) in [7, 11) is 1.42. The fourth-order valence-electron chi connectivity index (χ4n) is 3.29. The number of urea groups is 1. The molecule has 7 heteroatoms. The lowest BCUT2D eigenvalue weighted by Gasteiger charge is -2.35. The maximum atomic E-state index is 12.1. The number of methoxy groups -OCH3 is 1. The molecule has 0 aromatic heterocycles. The lowest BCUT2D eigenvalue weighted by molar-refractivity contribution is -0.142. The predicted octanol–water partition coefficient (Wildman–Crippen LogP) is 1.61. The number of nitrogens with zero attached hydrogens (tertiary/aromatic N) is 3. The quantitative estimate of drug-likeness (QED) is 0.839. The van der Waals surface area contributed by atoms with E-state index in [9.17, 15) is 9.59 Å². The van der Waals surface area contributed by atoms with Crippen LogP contribution in [0.2, 0.25) is 0 Å². The van der Waals surface area contributed by atoms with Crippen LogP contribution in [0.4, 0.5) is 16.2 Å². The van der Waals surface area contributed by atoms with Gasteiger partial charge in [0.2, 0.25) is 0 Å². The van der Waals surface area contributed by atoms with Crippen LogP contribution in [0.15, 0.2) is 24.3 Å². The molecular weight excluding hydrogens is 320 g/mol. The van der Waals surface area contributed by atoms with E-state index in [1.54, 1.807) is 0 Å². The first-order valence-electron chi connectivity index (χ1n) is 8.86. The van der Waals surface area contributed by atoms with Gasteiger partial charge in [0.1, 0.15) is 0 Å². The Morgan fingerprint density at radius 3 is 2.24 bits per heavy atom. The fraction of sp³-hybridized carbons (Fsp3) is 0.556. The lowest BCUT2D eigenvalue weighted by Crippen LogP contribution is -2.48. The summed E-state index contributed by atoms with van der Waals surface area (Å²) in [5.74, 6) is -0.188. The standard InChI is InChI=1S/C18H26N4O3/c1-25-17(23)14-20-10-12-21(13-11-20)16-6-4-15(5-7-16)19-18(24)22-8-2-3-9-22/h4-7H,2-3,8-14H2,1H3,(H,19,24). The minimum absolute atomic E-state index is 0.0123. The van der Waals surface area contributed by atoms with Crippen LogP contribution in [0.5, 0.6) is 0 Å². The average molecular weight is 346 g/mol. The highest BCUT2D eigenvalue weighted by Crippen LogP contribution is 2.20. The number of ether oxygens (including phenoxy) is 1. The number of carbonyl (C=O) groups excluding carboxylic acids is 2. The van der Waals surface area contributed by atoms with Crippen LogP contribution in [0.1, 0.15) is 12.8 Å². The van der Waals surface area contributed by atoms with E-state index in [1.807, 2.05) is 29.2 Å². The minimum Gasteiger partial charge on any atom is -0.468 e. The smallest absolute Gasteiger partial charge is 0.321 e. The van der Waals surface area contributed by atoms with Crippen LogP contribution < -0.4 is 10.2 Å². The number of likely N-dealkylation sites (tertiary alicyclic amines) is 1. The Balaban J connectivity index is 1.49. The summed E-state index contributed by atoms with van der Waals surface area (Å²) >= 11 is 0. The maximum Gasteiger partial charge on any atom is 0.321 e. The molecule has 0 unspecified atom stereocenters. The van der Waals surface area contributed by atoms with Crippen molar-refractivity contribution < 1.29 is 14.3 Å². The molecule has 0 bridgehead atoms. The van der Waals surface area contributed by atoms with Gasteiger partial charge < -0.3 is 19.9 Å². The first kappa shape index (κ1) is 17.5. The van der Waals surface area contributed by atoms with E-state index in [-0.39, 0.29) is 12.0 Å². The second-order valence-corrected chi connectivity index (χ2v) is 6.51. The predicted molar refractivity (Wildman–Crippen MR) is 96.9 cm³/mol. The monoisotopic (exact) mass is 346 g/mol. The number of hydrogen-bond acceptors (Lipinski definition) is 5. The van der Waals surface area contributed by atoms with Crippen molar-refractivity contribution in [1.82, 2.24) is 9.80 Å². The molecular formula is C18H26N4O3. The molecule has 2 aliphatic rings. The Morgan fingerprint density at radius 2 is 1.64 bits per heavy atom. The molecule has 0 saturated carbocycles. The van der Waals surface area contributed by atoms with E-state index in [0.717, 1.165) is 63.5 Å². The van der Waals surface area contributed by atoms with Gasteiger partial charge in [-0.1, -0.05) is 0 Å². The van der Waals surface area contributed by atoms with E-state index >= 15 is 0 Å². The van der Waals surface area contributed by atoms with Crippen molar-refractivity contribution in [3.8, 4) is 0 Å². The Bertz CT molecular complexity index is 591. The third-order valence-electron chi connectivity index (χ3n) is 4.83. The van der Waals surface area contributed by atoms with Crippen molar-refractivity contribution >= 4 is 23.4 Å². The minimum atomic E-state index is -0.188. The summed E-state index contributed by atoms with van der Waals surface area (Å²) < 4.78 is 4.71. The SMILES string of the molecule is COC(=O)CN1CCN(c2ccc(NC(=O)N3CCCC3)cc2)CC1. The van der Waals surface area contributed by atoms with Crippen molar-refractivity contribution in [2.45, 2.75) is 12.8 Å². The van der Waals surface area contributed by atoms with Crippen LogP contribution in [0.3, 0.4) is 0 Å². The fourth-order valence-corrected chi connectivity index (χ4v) is 3.29. The molecule has 0 atom stereocenters. The van der Waals surface area contributed by atoms with Crippen molar-refractivity contribution in [2.24, 2.45) is 0 Å². The summed E-state index contributed by atoms with van der Waals surface area (Å²) in [5.41, 5.74) is 1.96. The summed E-state index contributed by atoms with van der Waals surface area (Å²) in [5, 5.41) is 2.96. The van der Waals surface area contributed by atoms with E-state index < -0.39 is 0 Å². The molecule has 1 aromatic carbocycles. The average Bonchev–Trinajstić information content (AvgIpc) is 3.18. The number of anilines is 2. The van der Waals surface area contributed by atoms with Gasteiger partial charge in [-0.15, -0.1) is 0 Å². The van der Waals surface area contributed by atoms with Gasteiger partial charge in [-0.25, -0.2) is 4.79 Å². The zero-order valence-electron chi connectivity index (χ0n) is 14.7. The molecule has 0 radical (unpaired) electrons. The third-order valence-corrected chi connectivity index (χ3v) is 4.83. The molecule has 2 saturated heterocycles. The Morgan fingerprint density at radius 1 is 1.00 bits per heavy atom. The first-order chi connectivity index (χ1) is 12.2. The Hall–Kier alpha value is -2.28. The van der Waals surface area contributed by atoms with E-state index in [1.165, 1.54) is 7.11 Å². The Kier molecular flexibility index (Phi) is 5.75. The summed E-state index contributed by atoms with van der Waals surface area (Å²) in [4.78, 5) is 29.7. The molecule has 0 aliphatic carbocycles. The number of hydrogen-bond donors (Lipinski definition) is 1. The molecule has 1 N–H and O–H groups in total. The third kappa shape index (κ3) is 4.63. The number of esters is 1. The second kappa shape index (κ2) is 8.20. The van der Waals surface area contributed by atoms with Crippen molar-refractivity contribution in [2.75, 3.05) is 63.1 Å². The number of benzene rings is 1. The van der Waals surface area contributed by atoms with Gasteiger partial charge in [-0.2, -0.15) is 0 Å². The van der Waals surface area contributed by atoms with Crippen LogP contribution in [-0.2, 0) is 9.53 Å². The van der Waals surface area contributed by atoms with E-state index in [4.69, 9.17) is 4.74 Å². The van der Waals surface area contributed by atoms with Crippen molar-refractivity contribution in [1.29, 1.82) is 0 Å².